The van der Waals surface area contributed by atoms with Crippen LogP contribution in [0.2, 0.25) is 0 Å². The van der Waals surface area contributed by atoms with Gasteiger partial charge in [-0.05, 0) is 30.5 Å². The first-order chi connectivity index (χ1) is 9.77. The van der Waals surface area contributed by atoms with Crippen LogP contribution in [-0.2, 0) is 18.3 Å². The van der Waals surface area contributed by atoms with Gasteiger partial charge >= 0.3 is 0 Å². The van der Waals surface area contributed by atoms with Crippen LogP contribution in [0.1, 0.15) is 49.1 Å². The van der Waals surface area contributed by atoms with Crippen LogP contribution in [0.5, 0.6) is 0 Å². The van der Waals surface area contributed by atoms with E-state index in [9.17, 15) is 4.79 Å². The number of benzene rings is 1. The SMILES string of the molecule is CCCCc1ccc([C@@H](CC=O)c2ccccc2)n1C. The average Bonchev–Trinajstić information content (AvgIpc) is 2.84. The van der Waals surface area contributed by atoms with Gasteiger partial charge in [0.15, 0.2) is 0 Å². The minimum absolute atomic E-state index is 0.161. The molecule has 2 nitrogen and oxygen atoms in total. The van der Waals surface area contributed by atoms with E-state index in [4.69, 9.17) is 0 Å². The zero-order chi connectivity index (χ0) is 14.4. The molecule has 20 heavy (non-hydrogen) atoms. The van der Waals surface area contributed by atoms with Gasteiger partial charge in [0.25, 0.3) is 0 Å². The fourth-order valence-electron chi connectivity index (χ4n) is 2.74. The first kappa shape index (κ1) is 14.6. The summed E-state index contributed by atoms with van der Waals surface area (Å²) in [6, 6.07) is 14.7. The predicted molar refractivity (Wildman–Crippen MR) is 83.0 cm³/mol. The van der Waals surface area contributed by atoms with E-state index in [1.807, 2.05) is 18.2 Å². The number of nitrogens with zero attached hydrogens (tertiary/aromatic N) is 1. The third-order valence-electron chi connectivity index (χ3n) is 3.94. The molecule has 0 bridgehead atoms. The first-order valence-electron chi connectivity index (χ1n) is 7.41. The summed E-state index contributed by atoms with van der Waals surface area (Å²) in [6.07, 6.45) is 5.08. The summed E-state index contributed by atoms with van der Waals surface area (Å²) in [7, 11) is 2.11. The highest BCUT2D eigenvalue weighted by Gasteiger charge is 2.17. The molecular formula is C18H23NO. The van der Waals surface area contributed by atoms with Crippen LogP contribution >= 0.6 is 0 Å². The van der Waals surface area contributed by atoms with Gasteiger partial charge in [-0.15, -0.1) is 0 Å². The minimum Gasteiger partial charge on any atom is -0.351 e. The summed E-state index contributed by atoms with van der Waals surface area (Å²) < 4.78 is 2.26. The maximum Gasteiger partial charge on any atom is 0.120 e. The summed E-state index contributed by atoms with van der Waals surface area (Å²) >= 11 is 0. The number of hydrogen-bond acceptors (Lipinski definition) is 1. The lowest BCUT2D eigenvalue weighted by Crippen LogP contribution is -2.09. The predicted octanol–water partition coefficient (Wildman–Crippen LogP) is 4.09. The number of carbonyl (C=O) groups is 1. The zero-order valence-electron chi connectivity index (χ0n) is 12.4. The van der Waals surface area contributed by atoms with Gasteiger partial charge in [0.2, 0.25) is 0 Å². The van der Waals surface area contributed by atoms with Gasteiger partial charge in [0.1, 0.15) is 6.29 Å². The summed E-state index contributed by atoms with van der Waals surface area (Å²) in [5.74, 6) is 0.161. The quantitative estimate of drug-likeness (QED) is 0.694. The summed E-state index contributed by atoms with van der Waals surface area (Å²) in [6.45, 7) is 2.21. The molecule has 0 aliphatic carbocycles. The second-order valence-corrected chi connectivity index (χ2v) is 5.28. The maximum absolute atomic E-state index is 11.0. The van der Waals surface area contributed by atoms with E-state index in [-0.39, 0.29) is 5.92 Å². The Labute approximate surface area is 121 Å². The van der Waals surface area contributed by atoms with E-state index in [0.717, 1.165) is 12.7 Å². The molecule has 0 N–H and O–H groups in total. The Balaban J connectivity index is 2.30. The summed E-state index contributed by atoms with van der Waals surface area (Å²) in [5.41, 5.74) is 3.80. The molecule has 1 aromatic carbocycles. The van der Waals surface area contributed by atoms with E-state index >= 15 is 0 Å². The number of carbonyl (C=O) groups excluding carboxylic acids is 1. The van der Waals surface area contributed by atoms with Gasteiger partial charge in [0.05, 0.1) is 0 Å². The normalized spacial score (nSPS) is 12.3. The third kappa shape index (κ3) is 3.19. The highest BCUT2D eigenvalue weighted by Crippen LogP contribution is 2.28. The van der Waals surface area contributed by atoms with E-state index in [0.29, 0.717) is 6.42 Å². The van der Waals surface area contributed by atoms with Crippen molar-refractivity contribution < 1.29 is 4.79 Å². The molecule has 0 saturated carbocycles. The number of rotatable bonds is 7. The monoisotopic (exact) mass is 269 g/mol. The standard InChI is InChI=1S/C18H23NO/c1-3-4-10-16-11-12-18(19(16)2)17(13-14-20)15-8-6-5-7-9-15/h5-9,11-12,14,17H,3-4,10,13H2,1-2H3/t17-/m0/s1. The van der Waals surface area contributed by atoms with E-state index in [2.05, 4.69) is 42.8 Å². The molecule has 2 aromatic rings. The lowest BCUT2D eigenvalue weighted by molar-refractivity contribution is -0.108. The van der Waals surface area contributed by atoms with Crippen LogP contribution in [0, 0.1) is 0 Å². The fourth-order valence-corrected chi connectivity index (χ4v) is 2.74. The van der Waals surface area contributed by atoms with Gasteiger partial charge in [-0.1, -0.05) is 43.7 Å². The molecule has 1 heterocycles. The molecule has 0 aliphatic heterocycles. The van der Waals surface area contributed by atoms with Crippen LogP contribution in [0.4, 0.5) is 0 Å². The zero-order valence-corrected chi connectivity index (χ0v) is 12.4. The van der Waals surface area contributed by atoms with Crippen molar-refractivity contribution in [2.24, 2.45) is 7.05 Å². The number of aryl methyl sites for hydroxylation is 1. The molecule has 0 aliphatic rings. The Bertz CT molecular complexity index is 542. The Morgan fingerprint density at radius 2 is 1.90 bits per heavy atom. The highest BCUT2D eigenvalue weighted by molar-refractivity contribution is 5.53. The van der Waals surface area contributed by atoms with Crippen molar-refractivity contribution in [1.29, 1.82) is 0 Å². The van der Waals surface area contributed by atoms with Crippen molar-refractivity contribution in [1.82, 2.24) is 4.57 Å². The van der Waals surface area contributed by atoms with Crippen molar-refractivity contribution in [2.45, 2.75) is 38.5 Å². The first-order valence-corrected chi connectivity index (χ1v) is 7.41. The molecule has 0 amide bonds. The molecule has 0 spiro atoms. The van der Waals surface area contributed by atoms with Crippen molar-refractivity contribution in [3.63, 3.8) is 0 Å². The molecule has 1 aromatic heterocycles. The number of hydrogen-bond donors (Lipinski definition) is 0. The second-order valence-electron chi connectivity index (χ2n) is 5.28. The Hall–Kier alpha value is -1.83. The fraction of sp³-hybridized carbons (Fsp3) is 0.389. The maximum atomic E-state index is 11.0. The Kier molecular flexibility index (Phi) is 5.16. The molecule has 0 saturated heterocycles. The molecular weight excluding hydrogens is 246 g/mol. The second kappa shape index (κ2) is 7.09. The lowest BCUT2D eigenvalue weighted by Gasteiger charge is -2.17. The summed E-state index contributed by atoms with van der Waals surface area (Å²) in [4.78, 5) is 11.0. The van der Waals surface area contributed by atoms with Crippen LogP contribution in [0.15, 0.2) is 42.5 Å². The largest absolute Gasteiger partial charge is 0.351 e. The topological polar surface area (TPSA) is 22.0 Å². The average molecular weight is 269 g/mol. The Morgan fingerprint density at radius 3 is 2.55 bits per heavy atom. The van der Waals surface area contributed by atoms with Crippen molar-refractivity contribution in [3.05, 3.63) is 59.4 Å². The van der Waals surface area contributed by atoms with Crippen LogP contribution < -0.4 is 0 Å². The van der Waals surface area contributed by atoms with Crippen molar-refractivity contribution in [3.8, 4) is 0 Å². The number of unbranched alkanes of at least 4 members (excludes halogenated alkanes) is 1. The van der Waals surface area contributed by atoms with Gasteiger partial charge < -0.3 is 9.36 Å². The summed E-state index contributed by atoms with van der Waals surface area (Å²) in [5, 5.41) is 0. The molecule has 2 heteroatoms. The smallest absolute Gasteiger partial charge is 0.120 e. The number of aldehydes is 1. The molecule has 2 rings (SSSR count). The minimum atomic E-state index is 0.161. The highest BCUT2D eigenvalue weighted by atomic mass is 16.1. The van der Waals surface area contributed by atoms with Crippen LogP contribution in [0.3, 0.4) is 0 Å². The molecule has 0 unspecified atom stereocenters. The van der Waals surface area contributed by atoms with Crippen LogP contribution in [-0.4, -0.2) is 10.9 Å². The Morgan fingerprint density at radius 1 is 1.15 bits per heavy atom. The van der Waals surface area contributed by atoms with E-state index in [1.54, 1.807) is 0 Å². The van der Waals surface area contributed by atoms with Crippen molar-refractivity contribution >= 4 is 6.29 Å². The van der Waals surface area contributed by atoms with Crippen molar-refractivity contribution in [2.75, 3.05) is 0 Å². The third-order valence-corrected chi connectivity index (χ3v) is 3.94. The van der Waals surface area contributed by atoms with Gasteiger partial charge in [-0.3, -0.25) is 0 Å². The molecule has 1 atom stereocenters. The van der Waals surface area contributed by atoms with E-state index < -0.39 is 0 Å². The molecule has 0 radical (unpaired) electrons. The van der Waals surface area contributed by atoms with Gasteiger partial charge in [-0.2, -0.15) is 0 Å². The van der Waals surface area contributed by atoms with Gasteiger partial charge in [0, 0.05) is 30.8 Å². The van der Waals surface area contributed by atoms with E-state index in [1.165, 1.54) is 29.8 Å². The molecule has 0 fully saturated rings. The lowest BCUT2D eigenvalue weighted by atomic mass is 9.93. The van der Waals surface area contributed by atoms with Crippen LogP contribution in [0.25, 0.3) is 0 Å². The number of aromatic nitrogens is 1. The molecule has 106 valence electrons. The van der Waals surface area contributed by atoms with Gasteiger partial charge in [-0.25, -0.2) is 0 Å².